The molecule has 0 spiro atoms. The van der Waals surface area contributed by atoms with E-state index in [-0.39, 0.29) is 12.6 Å². The Balaban J connectivity index is 1.46. The molecule has 0 aliphatic carbocycles. The molecule has 4 rings (SSSR count). The number of carbonyl (C=O) groups excluding carboxylic acids is 1. The van der Waals surface area contributed by atoms with Gasteiger partial charge in [0.05, 0.1) is 12.0 Å². The van der Waals surface area contributed by atoms with Crippen LogP contribution < -0.4 is 0 Å². The first-order valence-electron chi connectivity index (χ1n) is 10.9. The van der Waals surface area contributed by atoms with Gasteiger partial charge in [-0.05, 0) is 58.1 Å². The Morgan fingerprint density at radius 1 is 0.903 bits per heavy atom. The summed E-state index contributed by atoms with van der Waals surface area (Å²) in [5.41, 5.74) is 0.687. The minimum Gasteiger partial charge on any atom is -0.463 e. The molecule has 162 valence electrons. The van der Waals surface area contributed by atoms with Crippen LogP contribution in [0.3, 0.4) is 0 Å². The van der Waals surface area contributed by atoms with Crippen LogP contribution in [-0.2, 0) is 25.4 Å². The summed E-state index contributed by atoms with van der Waals surface area (Å²) < 4.78 is 16.7. The van der Waals surface area contributed by atoms with E-state index in [1.165, 1.54) is 32.3 Å². The number of ether oxygens (including phenoxy) is 3. The van der Waals surface area contributed by atoms with E-state index in [0.717, 1.165) is 12.0 Å². The third kappa shape index (κ3) is 4.36. The van der Waals surface area contributed by atoms with E-state index >= 15 is 0 Å². The van der Waals surface area contributed by atoms with Gasteiger partial charge in [0.15, 0.2) is 6.29 Å². The molecule has 31 heavy (non-hydrogen) atoms. The number of benzene rings is 4. The molecule has 0 aromatic heterocycles. The van der Waals surface area contributed by atoms with Crippen molar-refractivity contribution in [1.29, 1.82) is 0 Å². The van der Waals surface area contributed by atoms with Crippen molar-refractivity contribution in [1.82, 2.24) is 0 Å². The van der Waals surface area contributed by atoms with E-state index < -0.39 is 11.7 Å². The average molecular weight is 419 g/mol. The maximum atomic E-state index is 12.1. The van der Waals surface area contributed by atoms with E-state index in [2.05, 4.69) is 54.6 Å². The third-order valence-electron chi connectivity index (χ3n) is 6.24. The first-order chi connectivity index (χ1) is 14.9. The zero-order chi connectivity index (χ0) is 22.0. The molecular weight excluding hydrogens is 388 g/mol. The summed E-state index contributed by atoms with van der Waals surface area (Å²) in [5, 5.41) is 7.61. The summed E-state index contributed by atoms with van der Waals surface area (Å²) in [4.78, 5) is 12.1. The molecule has 4 heteroatoms. The zero-order valence-electron chi connectivity index (χ0n) is 18.7. The number of hydrogen-bond donors (Lipinski definition) is 0. The Kier molecular flexibility index (Phi) is 6.12. The Hall–Kier alpha value is -2.69. The molecule has 1 atom stereocenters. The molecule has 0 N–H and O–H groups in total. The molecule has 0 fully saturated rings. The van der Waals surface area contributed by atoms with Crippen molar-refractivity contribution in [2.45, 2.75) is 39.9 Å². The summed E-state index contributed by atoms with van der Waals surface area (Å²) >= 11 is 0. The summed E-state index contributed by atoms with van der Waals surface area (Å²) in [6.45, 7) is 6.29. The van der Waals surface area contributed by atoms with Crippen LogP contribution in [0, 0.1) is 5.41 Å². The second kappa shape index (κ2) is 8.81. The smallest absolute Gasteiger partial charge is 0.311 e. The van der Waals surface area contributed by atoms with E-state index in [9.17, 15) is 4.79 Å². The Morgan fingerprint density at radius 3 is 2.06 bits per heavy atom. The second-order valence-corrected chi connectivity index (χ2v) is 8.74. The van der Waals surface area contributed by atoms with E-state index in [1.807, 2.05) is 20.8 Å². The van der Waals surface area contributed by atoms with E-state index in [0.29, 0.717) is 13.0 Å². The largest absolute Gasteiger partial charge is 0.463 e. The van der Waals surface area contributed by atoms with Gasteiger partial charge < -0.3 is 14.2 Å². The topological polar surface area (TPSA) is 44.8 Å². The second-order valence-electron chi connectivity index (χ2n) is 8.74. The highest BCUT2D eigenvalue weighted by Gasteiger charge is 2.27. The Labute approximate surface area is 183 Å². The molecule has 0 saturated heterocycles. The van der Waals surface area contributed by atoms with Crippen molar-refractivity contribution in [2.75, 3.05) is 20.3 Å². The molecule has 4 aromatic rings. The lowest BCUT2D eigenvalue weighted by molar-refractivity contribution is -0.163. The van der Waals surface area contributed by atoms with Gasteiger partial charge in [-0.3, -0.25) is 4.79 Å². The summed E-state index contributed by atoms with van der Waals surface area (Å²) in [7, 11) is 1.64. The van der Waals surface area contributed by atoms with Gasteiger partial charge in [-0.25, -0.2) is 0 Å². The lowest BCUT2D eigenvalue weighted by Crippen LogP contribution is -2.28. The molecule has 0 saturated carbocycles. The number of methoxy groups -OCH3 is 1. The maximum Gasteiger partial charge on any atom is 0.311 e. The van der Waals surface area contributed by atoms with Crippen molar-refractivity contribution in [3.05, 3.63) is 60.2 Å². The monoisotopic (exact) mass is 418 g/mol. The molecule has 0 bridgehead atoms. The molecule has 1 unspecified atom stereocenters. The molecule has 0 heterocycles. The minimum atomic E-state index is -0.468. The predicted octanol–water partition coefficient (Wildman–Crippen LogP) is 6.10. The average Bonchev–Trinajstić information content (AvgIpc) is 2.79. The van der Waals surface area contributed by atoms with Gasteiger partial charge in [0.25, 0.3) is 0 Å². The highest BCUT2D eigenvalue weighted by molar-refractivity contribution is 6.23. The molecule has 0 aliphatic rings. The van der Waals surface area contributed by atoms with Gasteiger partial charge in [0, 0.05) is 13.5 Å². The number of carbonyl (C=O) groups is 1. The maximum absolute atomic E-state index is 12.1. The molecule has 0 radical (unpaired) electrons. The number of esters is 1. The SMILES string of the molecule is CCC(C)(C)C(=O)OCCOC(Cc1cc2ccc3cccc4ccc(c1)c2c34)OC. The van der Waals surface area contributed by atoms with Gasteiger partial charge >= 0.3 is 5.97 Å². The van der Waals surface area contributed by atoms with Crippen LogP contribution in [0.25, 0.3) is 32.3 Å². The van der Waals surface area contributed by atoms with Crippen LogP contribution >= 0.6 is 0 Å². The summed E-state index contributed by atoms with van der Waals surface area (Å²) in [6, 6.07) is 19.6. The first kappa shape index (κ1) is 21.5. The zero-order valence-corrected chi connectivity index (χ0v) is 18.7. The fraction of sp³-hybridized carbons (Fsp3) is 0.370. The lowest BCUT2D eigenvalue weighted by Gasteiger charge is -2.21. The van der Waals surface area contributed by atoms with Crippen LogP contribution in [0.4, 0.5) is 0 Å². The summed E-state index contributed by atoms with van der Waals surface area (Å²) in [6.07, 6.45) is 0.968. The van der Waals surface area contributed by atoms with Gasteiger partial charge in [-0.15, -0.1) is 0 Å². The van der Waals surface area contributed by atoms with E-state index in [1.54, 1.807) is 7.11 Å². The molecule has 0 aliphatic heterocycles. The van der Waals surface area contributed by atoms with Crippen molar-refractivity contribution in [2.24, 2.45) is 5.41 Å². The van der Waals surface area contributed by atoms with Crippen LogP contribution in [0.15, 0.2) is 54.6 Å². The standard InChI is InChI=1S/C27H30O4/c1-5-27(2,3)26(28)31-14-13-30-23(29-4)17-18-15-21-11-9-19-7-6-8-20-10-12-22(16-18)25(21)24(19)20/h6-12,15-16,23H,5,13-14,17H2,1-4H3. The third-order valence-corrected chi connectivity index (χ3v) is 6.24. The van der Waals surface area contributed by atoms with Crippen molar-refractivity contribution < 1.29 is 19.0 Å². The van der Waals surface area contributed by atoms with Crippen LogP contribution in [0.2, 0.25) is 0 Å². The van der Waals surface area contributed by atoms with Crippen LogP contribution in [-0.4, -0.2) is 32.6 Å². The molecular formula is C27H30O4. The first-order valence-corrected chi connectivity index (χ1v) is 10.9. The molecule has 4 nitrogen and oxygen atoms in total. The highest BCUT2D eigenvalue weighted by Crippen LogP contribution is 2.35. The van der Waals surface area contributed by atoms with Crippen molar-refractivity contribution >= 4 is 38.3 Å². The Morgan fingerprint density at radius 2 is 1.48 bits per heavy atom. The van der Waals surface area contributed by atoms with E-state index in [4.69, 9.17) is 14.2 Å². The minimum absolute atomic E-state index is 0.195. The van der Waals surface area contributed by atoms with Crippen LogP contribution in [0.1, 0.15) is 32.8 Å². The number of hydrogen-bond acceptors (Lipinski definition) is 4. The van der Waals surface area contributed by atoms with Gasteiger partial charge in [0.2, 0.25) is 0 Å². The molecule has 4 aromatic carbocycles. The van der Waals surface area contributed by atoms with Crippen molar-refractivity contribution in [3.8, 4) is 0 Å². The fourth-order valence-corrected chi connectivity index (χ4v) is 3.99. The van der Waals surface area contributed by atoms with Gasteiger partial charge in [-0.1, -0.05) is 61.5 Å². The molecule has 0 amide bonds. The predicted molar refractivity (Wildman–Crippen MR) is 126 cm³/mol. The highest BCUT2D eigenvalue weighted by atomic mass is 16.7. The van der Waals surface area contributed by atoms with Crippen molar-refractivity contribution in [3.63, 3.8) is 0 Å². The van der Waals surface area contributed by atoms with Gasteiger partial charge in [-0.2, -0.15) is 0 Å². The van der Waals surface area contributed by atoms with Gasteiger partial charge in [0.1, 0.15) is 6.61 Å². The number of rotatable bonds is 9. The Bertz CT molecular complexity index is 1130. The quantitative estimate of drug-likeness (QED) is 0.143. The summed E-state index contributed by atoms with van der Waals surface area (Å²) in [5.74, 6) is -0.195. The van der Waals surface area contributed by atoms with Crippen LogP contribution in [0.5, 0.6) is 0 Å². The fourth-order valence-electron chi connectivity index (χ4n) is 3.99. The lowest BCUT2D eigenvalue weighted by atomic mass is 9.91. The normalized spacial score (nSPS) is 13.3.